The lowest BCUT2D eigenvalue weighted by Crippen LogP contribution is -2.04. The molecule has 0 saturated heterocycles. The number of alkyl halides is 3. The zero-order valence-corrected chi connectivity index (χ0v) is 10.7. The number of aromatic hydroxyl groups is 1. The largest absolute Gasteiger partial charge is 0.508 e. The van der Waals surface area contributed by atoms with Gasteiger partial charge in [-0.05, 0) is 47.9 Å². The SMILES string of the molecule is Cc1c(Cl)cccc1-c1cc(O)cc(C(F)(F)F)c1. The van der Waals surface area contributed by atoms with Gasteiger partial charge in [-0.2, -0.15) is 13.2 Å². The van der Waals surface area contributed by atoms with Crippen molar-refractivity contribution in [2.75, 3.05) is 0 Å². The van der Waals surface area contributed by atoms with Gasteiger partial charge in [0, 0.05) is 5.02 Å². The van der Waals surface area contributed by atoms with Gasteiger partial charge in [0.2, 0.25) is 0 Å². The minimum absolute atomic E-state index is 0.285. The van der Waals surface area contributed by atoms with Crippen molar-refractivity contribution in [3.05, 3.63) is 52.5 Å². The first-order valence-electron chi connectivity index (χ1n) is 5.46. The van der Waals surface area contributed by atoms with E-state index < -0.39 is 17.5 Å². The Morgan fingerprint density at radius 1 is 1.11 bits per heavy atom. The molecule has 100 valence electrons. The van der Waals surface area contributed by atoms with Crippen LogP contribution in [0.25, 0.3) is 11.1 Å². The second-order valence-corrected chi connectivity index (χ2v) is 4.59. The van der Waals surface area contributed by atoms with Crippen molar-refractivity contribution >= 4 is 11.6 Å². The summed E-state index contributed by atoms with van der Waals surface area (Å²) in [5.74, 6) is -0.427. The lowest BCUT2D eigenvalue weighted by Gasteiger charge is -2.12. The standard InChI is InChI=1S/C14H10ClF3O/c1-8-12(3-2-4-13(8)15)9-5-10(14(16,17)18)7-11(19)6-9/h2-7,19H,1H3. The first-order chi connectivity index (χ1) is 8.79. The lowest BCUT2D eigenvalue weighted by atomic mass is 9.98. The number of hydrogen-bond acceptors (Lipinski definition) is 1. The summed E-state index contributed by atoms with van der Waals surface area (Å²) in [6.45, 7) is 1.72. The van der Waals surface area contributed by atoms with E-state index in [0.717, 1.165) is 6.07 Å². The van der Waals surface area contributed by atoms with Crippen LogP contribution in [-0.2, 0) is 6.18 Å². The van der Waals surface area contributed by atoms with E-state index in [9.17, 15) is 18.3 Å². The molecule has 1 N–H and O–H groups in total. The average Bonchev–Trinajstić information content (AvgIpc) is 2.31. The summed E-state index contributed by atoms with van der Waals surface area (Å²) < 4.78 is 38.1. The van der Waals surface area contributed by atoms with Crippen molar-refractivity contribution in [3.8, 4) is 16.9 Å². The van der Waals surface area contributed by atoms with Gasteiger partial charge in [-0.3, -0.25) is 0 Å². The molecule has 0 bridgehead atoms. The molecule has 0 spiro atoms. The van der Waals surface area contributed by atoms with Crippen LogP contribution in [0.2, 0.25) is 5.02 Å². The highest BCUT2D eigenvalue weighted by atomic mass is 35.5. The molecule has 1 nitrogen and oxygen atoms in total. The zero-order chi connectivity index (χ0) is 14.2. The molecule has 0 aromatic heterocycles. The van der Waals surface area contributed by atoms with Crippen molar-refractivity contribution in [2.24, 2.45) is 0 Å². The number of benzene rings is 2. The van der Waals surface area contributed by atoms with Crippen molar-refractivity contribution in [3.63, 3.8) is 0 Å². The van der Waals surface area contributed by atoms with Crippen LogP contribution in [0.15, 0.2) is 36.4 Å². The lowest BCUT2D eigenvalue weighted by molar-refractivity contribution is -0.137. The first kappa shape index (κ1) is 13.7. The predicted molar refractivity (Wildman–Crippen MR) is 68.3 cm³/mol. The van der Waals surface area contributed by atoms with Gasteiger partial charge in [0.25, 0.3) is 0 Å². The fourth-order valence-corrected chi connectivity index (χ4v) is 2.03. The van der Waals surface area contributed by atoms with Crippen molar-refractivity contribution < 1.29 is 18.3 Å². The van der Waals surface area contributed by atoms with Gasteiger partial charge in [0.1, 0.15) is 5.75 Å². The molecule has 0 amide bonds. The summed E-state index contributed by atoms with van der Waals surface area (Å²) in [6.07, 6.45) is -4.50. The Labute approximate surface area is 113 Å². The Morgan fingerprint density at radius 3 is 2.42 bits per heavy atom. The third-order valence-electron chi connectivity index (χ3n) is 2.82. The third-order valence-corrected chi connectivity index (χ3v) is 3.23. The Hall–Kier alpha value is -1.68. The maximum Gasteiger partial charge on any atom is 0.416 e. The Morgan fingerprint density at radius 2 is 1.79 bits per heavy atom. The minimum atomic E-state index is -4.50. The number of halogens is 4. The summed E-state index contributed by atoms with van der Waals surface area (Å²) in [4.78, 5) is 0. The number of rotatable bonds is 1. The summed E-state index contributed by atoms with van der Waals surface area (Å²) in [5.41, 5.74) is 0.631. The molecular weight excluding hydrogens is 277 g/mol. The van der Waals surface area contributed by atoms with E-state index in [4.69, 9.17) is 11.6 Å². The number of hydrogen-bond donors (Lipinski definition) is 1. The van der Waals surface area contributed by atoms with Crippen LogP contribution >= 0.6 is 11.6 Å². The van der Waals surface area contributed by atoms with Crippen molar-refractivity contribution in [2.45, 2.75) is 13.1 Å². The molecule has 0 aliphatic heterocycles. The molecule has 5 heteroatoms. The van der Waals surface area contributed by atoms with Crippen molar-refractivity contribution in [1.29, 1.82) is 0 Å². The Kier molecular flexibility index (Phi) is 3.45. The molecule has 0 saturated carbocycles. The second kappa shape index (κ2) is 4.78. The Bertz CT molecular complexity index is 621. The molecule has 0 heterocycles. The van der Waals surface area contributed by atoms with Crippen LogP contribution in [0.5, 0.6) is 5.75 Å². The normalized spacial score (nSPS) is 11.6. The molecule has 0 radical (unpaired) electrons. The molecule has 0 aliphatic carbocycles. The van der Waals surface area contributed by atoms with E-state index in [1.54, 1.807) is 25.1 Å². The van der Waals surface area contributed by atoms with E-state index in [-0.39, 0.29) is 5.56 Å². The fraction of sp³-hybridized carbons (Fsp3) is 0.143. The van der Waals surface area contributed by atoms with Crippen LogP contribution in [0.3, 0.4) is 0 Å². The molecular formula is C14H10ClF3O. The van der Waals surface area contributed by atoms with Gasteiger partial charge in [-0.15, -0.1) is 0 Å². The van der Waals surface area contributed by atoms with Gasteiger partial charge in [-0.1, -0.05) is 23.7 Å². The molecule has 19 heavy (non-hydrogen) atoms. The maximum absolute atomic E-state index is 12.7. The zero-order valence-electron chi connectivity index (χ0n) is 9.92. The van der Waals surface area contributed by atoms with E-state index >= 15 is 0 Å². The van der Waals surface area contributed by atoms with Crippen LogP contribution < -0.4 is 0 Å². The van der Waals surface area contributed by atoms with Gasteiger partial charge in [-0.25, -0.2) is 0 Å². The number of phenols is 1. The summed E-state index contributed by atoms with van der Waals surface area (Å²) >= 11 is 5.95. The van der Waals surface area contributed by atoms with Gasteiger partial charge in [0.05, 0.1) is 5.56 Å². The van der Waals surface area contributed by atoms with Crippen LogP contribution in [0.1, 0.15) is 11.1 Å². The summed E-state index contributed by atoms with van der Waals surface area (Å²) in [6, 6.07) is 7.96. The molecule has 2 aromatic rings. The minimum Gasteiger partial charge on any atom is -0.508 e. The quantitative estimate of drug-likeness (QED) is 0.778. The first-order valence-corrected chi connectivity index (χ1v) is 5.83. The average molecular weight is 287 g/mol. The van der Waals surface area contributed by atoms with Crippen molar-refractivity contribution in [1.82, 2.24) is 0 Å². The maximum atomic E-state index is 12.7. The highest BCUT2D eigenvalue weighted by Crippen LogP contribution is 2.37. The highest BCUT2D eigenvalue weighted by Gasteiger charge is 2.31. The third kappa shape index (κ3) is 2.84. The monoisotopic (exact) mass is 286 g/mol. The molecule has 2 rings (SSSR count). The topological polar surface area (TPSA) is 20.2 Å². The molecule has 0 fully saturated rings. The van der Waals surface area contributed by atoms with E-state index in [1.807, 2.05) is 0 Å². The highest BCUT2D eigenvalue weighted by molar-refractivity contribution is 6.31. The second-order valence-electron chi connectivity index (χ2n) is 4.18. The molecule has 2 aromatic carbocycles. The Balaban J connectivity index is 2.63. The van der Waals surface area contributed by atoms with Gasteiger partial charge >= 0.3 is 6.18 Å². The summed E-state index contributed by atoms with van der Waals surface area (Å²) in [5, 5.41) is 9.91. The van der Waals surface area contributed by atoms with E-state index in [2.05, 4.69) is 0 Å². The van der Waals surface area contributed by atoms with Gasteiger partial charge < -0.3 is 5.11 Å². The number of phenolic OH excluding ortho intramolecular Hbond substituents is 1. The van der Waals surface area contributed by atoms with Crippen LogP contribution in [0, 0.1) is 6.92 Å². The van der Waals surface area contributed by atoms with E-state index in [1.165, 1.54) is 6.07 Å². The smallest absolute Gasteiger partial charge is 0.416 e. The van der Waals surface area contributed by atoms with Crippen LogP contribution in [0.4, 0.5) is 13.2 Å². The van der Waals surface area contributed by atoms with Gasteiger partial charge in [0.15, 0.2) is 0 Å². The summed E-state index contributed by atoms with van der Waals surface area (Å²) in [7, 11) is 0. The molecule has 0 atom stereocenters. The predicted octanol–water partition coefficient (Wildman–Crippen LogP) is 5.04. The molecule has 0 unspecified atom stereocenters. The van der Waals surface area contributed by atoms with Crippen LogP contribution in [-0.4, -0.2) is 5.11 Å². The van der Waals surface area contributed by atoms with E-state index in [0.29, 0.717) is 22.2 Å². The fourth-order valence-electron chi connectivity index (χ4n) is 1.85. The molecule has 0 aliphatic rings.